The molecule has 0 aromatic carbocycles. The maximum atomic E-state index is 4.88. The van der Waals surface area contributed by atoms with E-state index in [1.165, 1.54) is 24.3 Å². The molecule has 2 rings (SSSR count). The Kier molecular flexibility index (Phi) is 7.37. The molecule has 0 spiro atoms. The van der Waals surface area contributed by atoms with Crippen molar-refractivity contribution in [3.63, 3.8) is 0 Å². The molecule has 0 bridgehead atoms. The fourth-order valence-electron chi connectivity index (χ4n) is 3.28. The maximum Gasteiger partial charge on any atom is 0.193 e. The van der Waals surface area contributed by atoms with E-state index in [2.05, 4.69) is 60.4 Å². The zero-order valence-corrected chi connectivity index (χ0v) is 15.9. The van der Waals surface area contributed by atoms with Crippen LogP contribution in [0.2, 0.25) is 0 Å². The van der Waals surface area contributed by atoms with Crippen molar-refractivity contribution in [2.75, 3.05) is 39.8 Å². The molecule has 0 aliphatic carbocycles. The van der Waals surface area contributed by atoms with E-state index in [0.717, 1.165) is 32.1 Å². The monoisotopic (exact) mass is 336 g/mol. The maximum absolute atomic E-state index is 4.88. The van der Waals surface area contributed by atoms with Gasteiger partial charge in [0, 0.05) is 37.0 Å². The number of rotatable bonds is 7. The number of nitrogens with zero attached hydrogens (tertiary/aromatic N) is 3. The highest BCUT2D eigenvalue weighted by Gasteiger charge is 2.25. The van der Waals surface area contributed by atoms with E-state index < -0.39 is 0 Å². The van der Waals surface area contributed by atoms with Gasteiger partial charge in [0.15, 0.2) is 5.96 Å². The molecule has 2 unspecified atom stereocenters. The highest BCUT2D eigenvalue weighted by molar-refractivity contribution is 7.10. The van der Waals surface area contributed by atoms with Gasteiger partial charge in [0.1, 0.15) is 0 Å². The van der Waals surface area contributed by atoms with Crippen LogP contribution < -0.4 is 5.32 Å². The summed E-state index contributed by atoms with van der Waals surface area (Å²) in [7, 11) is 2.17. The van der Waals surface area contributed by atoms with Crippen LogP contribution in [0.25, 0.3) is 0 Å². The first-order valence-corrected chi connectivity index (χ1v) is 9.80. The minimum Gasteiger partial charge on any atom is -0.357 e. The van der Waals surface area contributed by atoms with Gasteiger partial charge in [0.25, 0.3) is 0 Å². The molecular formula is C18H32N4S. The summed E-state index contributed by atoms with van der Waals surface area (Å²) in [5.41, 5.74) is 0. The van der Waals surface area contributed by atoms with Gasteiger partial charge >= 0.3 is 0 Å². The van der Waals surface area contributed by atoms with E-state index in [1.807, 2.05) is 11.3 Å². The van der Waals surface area contributed by atoms with Crippen molar-refractivity contribution in [2.45, 2.75) is 45.6 Å². The highest BCUT2D eigenvalue weighted by Crippen LogP contribution is 2.21. The van der Waals surface area contributed by atoms with Gasteiger partial charge in [0.2, 0.25) is 0 Å². The minimum atomic E-state index is 0.482. The quantitative estimate of drug-likeness (QED) is 0.612. The summed E-state index contributed by atoms with van der Waals surface area (Å²) in [5, 5.41) is 5.60. The molecule has 2 atom stereocenters. The molecule has 1 aromatic rings. The largest absolute Gasteiger partial charge is 0.357 e. The minimum absolute atomic E-state index is 0.482. The van der Waals surface area contributed by atoms with Crippen molar-refractivity contribution in [3.8, 4) is 0 Å². The molecule has 130 valence electrons. The number of thiophene rings is 1. The smallest absolute Gasteiger partial charge is 0.193 e. The third-order valence-corrected chi connectivity index (χ3v) is 5.73. The first-order valence-electron chi connectivity index (χ1n) is 8.92. The summed E-state index contributed by atoms with van der Waals surface area (Å²) in [6.45, 7) is 11.9. The normalized spacial score (nSPS) is 20.7. The van der Waals surface area contributed by atoms with E-state index in [-0.39, 0.29) is 0 Å². The van der Waals surface area contributed by atoms with Crippen molar-refractivity contribution >= 4 is 17.3 Å². The van der Waals surface area contributed by atoms with Crippen LogP contribution in [0.5, 0.6) is 0 Å². The van der Waals surface area contributed by atoms with Crippen molar-refractivity contribution < 1.29 is 0 Å². The number of hydrogen-bond donors (Lipinski definition) is 1. The predicted octanol–water partition coefficient (Wildman–Crippen LogP) is 3.23. The van der Waals surface area contributed by atoms with Crippen LogP contribution in [-0.2, 0) is 0 Å². The van der Waals surface area contributed by atoms with Crippen molar-refractivity contribution in [3.05, 3.63) is 22.4 Å². The van der Waals surface area contributed by atoms with E-state index in [9.17, 15) is 0 Å². The summed E-state index contributed by atoms with van der Waals surface area (Å²) in [6, 6.07) is 5.00. The Morgan fingerprint density at radius 1 is 1.52 bits per heavy atom. The Labute approximate surface area is 145 Å². The average molecular weight is 337 g/mol. The molecular weight excluding hydrogens is 304 g/mol. The van der Waals surface area contributed by atoms with E-state index >= 15 is 0 Å². The molecule has 0 amide bonds. The van der Waals surface area contributed by atoms with Gasteiger partial charge in [-0.15, -0.1) is 11.3 Å². The third-order valence-electron chi connectivity index (χ3n) is 4.63. The molecule has 1 aromatic heterocycles. The summed E-state index contributed by atoms with van der Waals surface area (Å²) < 4.78 is 0. The zero-order valence-electron chi connectivity index (χ0n) is 15.1. The molecule has 2 heterocycles. The molecule has 1 N–H and O–H groups in total. The molecule has 1 fully saturated rings. The summed E-state index contributed by atoms with van der Waals surface area (Å²) >= 11 is 1.82. The molecule has 5 heteroatoms. The first kappa shape index (κ1) is 18.3. The van der Waals surface area contributed by atoms with Crippen LogP contribution in [-0.4, -0.2) is 61.6 Å². The van der Waals surface area contributed by atoms with E-state index in [1.54, 1.807) is 0 Å². The summed E-state index contributed by atoms with van der Waals surface area (Å²) in [6.07, 6.45) is 2.64. The number of likely N-dealkylation sites (N-methyl/N-ethyl adjacent to an activating group) is 2. The van der Waals surface area contributed by atoms with Gasteiger partial charge in [-0.25, -0.2) is 0 Å². The van der Waals surface area contributed by atoms with E-state index in [4.69, 9.17) is 4.99 Å². The van der Waals surface area contributed by atoms with Gasteiger partial charge in [-0.2, -0.15) is 0 Å². The Hall–Kier alpha value is -1.07. The van der Waals surface area contributed by atoms with Crippen LogP contribution in [0.4, 0.5) is 0 Å². The van der Waals surface area contributed by atoms with Crippen molar-refractivity contribution in [1.29, 1.82) is 0 Å². The van der Waals surface area contributed by atoms with Crippen LogP contribution in [0, 0.1) is 0 Å². The Bertz CT molecular complexity index is 471. The lowest BCUT2D eigenvalue weighted by molar-refractivity contribution is 0.232. The lowest BCUT2D eigenvalue weighted by Crippen LogP contribution is -2.46. The number of guanidine groups is 1. The number of likely N-dealkylation sites (tertiary alicyclic amines) is 1. The second-order valence-corrected chi connectivity index (χ2v) is 7.40. The van der Waals surface area contributed by atoms with Crippen LogP contribution in [0.15, 0.2) is 22.5 Å². The van der Waals surface area contributed by atoms with Crippen LogP contribution in [0.3, 0.4) is 0 Å². The zero-order chi connectivity index (χ0) is 16.7. The molecule has 0 radical (unpaired) electrons. The Balaban J connectivity index is 1.94. The summed E-state index contributed by atoms with van der Waals surface area (Å²) in [5.74, 6) is 1.52. The first-order chi connectivity index (χ1) is 11.2. The van der Waals surface area contributed by atoms with Crippen molar-refractivity contribution in [2.24, 2.45) is 4.99 Å². The lowest BCUT2D eigenvalue weighted by Gasteiger charge is -2.30. The predicted molar refractivity (Wildman–Crippen MR) is 102 cm³/mol. The van der Waals surface area contributed by atoms with Crippen molar-refractivity contribution in [1.82, 2.24) is 15.1 Å². The molecule has 1 aliphatic heterocycles. The van der Waals surface area contributed by atoms with Gasteiger partial charge < -0.3 is 10.2 Å². The fraction of sp³-hybridized carbons (Fsp3) is 0.722. The molecule has 4 nitrogen and oxygen atoms in total. The standard InChI is InChI=1S/C18H32N4S/c1-5-19-18(20-13-15(3)17-10-8-12-23-17)21(4)14-16-9-7-11-22(16)6-2/h8,10,12,15-16H,5-7,9,11,13-14H2,1-4H3,(H,19,20). The third kappa shape index (κ3) is 5.21. The van der Waals surface area contributed by atoms with Crippen LogP contribution >= 0.6 is 11.3 Å². The number of hydrogen-bond acceptors (Lipinski definition) is 3. The van der Waals surface area contributed by atoms with Gasteiger partial charge in [0.05, 0.1) is 6.54 Å². The lowest BCUT2D eigenvalue weighted by atomic mass is 10.1. The number of nitrogens with one attached hydrogen (secondary N) is 1. The SMILES string of the molecule is CCNC(=NCC(C)c1cccs1)N(C)CC1CCCN1CC. The average Bonchev–Trinajstić information content (AvgIpc) is 3.22. The summed E-state index contributed by atoms with van der Waals surface area (Å²) in [4.78, 5) is 11.2. The van der Waals surface area contributed by atoms with Gasteiger partial charge in [-0.1, -0.05) is 19.9 Å². The van der Waals surface area contributed by atoms with E-state index in [0.29, 0.717) is 12.0 Å². The molecule has 1 aliphatic rings. The van der Waals surface area contributed by atoms with Gasteiger partial charge in [-0.3, -0.25) is 9.89 Å². The number of aliphatic imine (C=N–C) groups is 1. The topological polar surface area (TPSA) is 30.9 Å². The highest BCUT2D eigenvalue weighted by atomic mass is 32.1. The van der Waals surface area contributed by atoms with Gasteiger partial charge in [-0.05, 0) is 44.3 Å². The molecule has 0 saturated carbocycles. The Morgan fingerprint density at radius 2 is 2.35 bits per heavy atom. The second kappa shape index (κ2) is 9.28. The van der Waals surface area contributed by atoms with Crippen LogP contribution in [0.1, 0.15) is 44.4 Å². The second-order valence-electron chi connectivity index (χ2n) is 6.42. The molecule has 1 saturated heterocycles. The molecule has 23 heavy (non-hydrogen) atoms. The Morgan fingerprint density at radius 3 is 3.00 bits per heavy atom. The fourth-order valence-corrected chi connectivity index (χ4v) is 4.05.